The first kappa shape index (κ1) is 8.96. The summed E-state index contributed by atoms with van der Waals surface area (Å²) >= 11 is 5.89. The zero-order chi connectivity index (χ0) is 9.80. The quantitative estimate of drug-likeness (QED) is 0.804. The van der Waals surface area contributed by atoms with Crippen LogP contribution in [0.15, 0.2) is 24.7 Å². The van der Waals surface area contributed by atoms with Crippen LogP contribution in [0.4, 0.5) is 5.82 Å². The zero-order valence-electron chi connectivity index (χ0n) is 7.24. The molecule has 5 nitrogen and oxygen atoms in total. The highest BCUT2D eigenvalue weighted by molar-refractivity contribution is 6.32. The molecule has 0 aliphatic heterocycles. The van der Waals surface area contributed by atoms with Crippen LogP contribution in [0.5, 0.6) is 0 Å². The molecule has 0 fully saturated rings. The zero-order valence-corrected chi connectivity index (χ0v) is 7.99. The molecule has 2 aromatic heterocycles. The molecule has 0 amide bonds. The third-order valence-corrected chi connectivity index (χ3v) is 1.95. The number of nitrogens with zero attached hydrogens (tertiary/aromatic N) is 3. The van der Waals surface area contributed by atoms with Gasteiger partial charge in [0.1, 0.15) is 18.0 Å². The molecule has 0 aromatic carbocycles. The van der Waals surface area contributed by atoms with Crippen molar-refractivity contribution >= 4 is 17.4 Å². The maximum absolute atomic E-state index is 5.89. The predicted octanol–water partition coefficient (Wildman–Crippen LogP) is 1.47. The largest absolute Gasteiger partial charge is 0.362 e. The van der Waals surface area contributed by atoms with Crippen LogP contribution in [0.25, 0.3) is 0 Å². The fourth-order valence-electron chi connectivity index (χ4n) is 0.999. The predicted molar refractivity (Wildman–Crippen MR) is 53.0 cm³/mol. The number of anilines is 1. The molecule has 0 unspecified atom stereocenters. The summed E-state index contributed by atoms with van der Waals surface area (Å²) in [4.78, 5) is 8.03. The first-order valence-corrected chi connectivity index (χ1v) is 4.42. The second-order valence-electron chi connectivity index (χ2n) is 2.62. The smallest absolute Gasteiger partial charge is 0.145 e. The van der Waals surface area contributed by atoms with E-state index >= 15 is 0 Å². The van der Waals surface area contributed by atoms with Crippen molar-refractivity contribution in [3.8, 4) is 0 Å². The van der Waals surface area contributed by atoms with Crippen molar-refractivity contribution in [2.45, 2.75) is 6.54 Å². The van der Waals surface area contributed by atoms with Crippen LogP contribution in [0.2, 0.25) is 5.02 Å². The second kappa shape index (κ2) is 4.06. The van der Waals surface area contributed by atoms with Crippen LogP contribution >= 0.6 is 11.6 Å². The molecule has 6 heteroatoms. The van der Waals surface area contributed by atoms with E-state index in [1.807, 2.05) is 0 Å². The van der Waals surface area contributed by atoms with E-state index in [2.05, 4.69) is 25.5 Å². The summed E-state index contributed by atoms with van der Waals surface area (Å²) in [5.41, 5.74) is 0. The summed E-state index contributed by atoms with van der Waals surface area (Å²) < 4.78 is 0. The monoisotopic (exact) mass is 209 g/mol. The Labute approximate surface area is 85.5 Å². The number of aromatic nitrogens is 4. The van der Waals surface area contributed by atoms with Gasteiger partial charge in [-0.3, -0.25) is 5.10 Å². The number of hydrogen-bond acceptors (Lipinski definition) is 4. The molecular formula is C8H8ClN5. The lowest BCUT2D eigenvalue weighted by atomic mass is 10.4. The Bertz CT molecular complexity index is 400. The standard InChI is InChI=1S/C8H8ClN5/c9-6-2-1-3-10-8(6)11-4-7-12-5-13-14-7/h1-3,5H,4H2,(H,10,11)(H,12,13,14). The summed E-state index contributed by atoms with van der Waals surface area (Å²) in [6.45, 7) is 0.525. The maximum atomic E-state index is 5.89. The van der Waals surface area contributed by atoms with E-state index in [4.69, 9.17) is 11.6 Å². The molecule has 2 aromatic rings. The second-order valence-corrected chi connectivity index (χ2v) is 3.03. The summed E-state index contributed by atoms with van der Waals surface area (Å²) in [7, 11) is 0. The SMILES string of the molecule is Clc1cccnc1NCc1ncn[nH]1. The number of rotatable bonds is 3. The molecule has 14 heavy (non-hydrogen) atoms. The topological polar surface area (TPSA) is 66.5 Å². The minimum absolute atomic E-state index is 0.525. The Balaban J connectivity index is 2.02. The van der Waals surface area contributed by atoms with Crippen molar-refractivity contribution in [2.75, 3.05) is 5.32 Å². The van der Waals surface area contributed by atoms with Gasteiger partial charge in [0.15, 0.2) is 0 Å². The van der Waals surface area contributed by atoms with Crippen LogP contribution in [0.1, 0.15) is 5.82 Å². The Morgan fingerprint density at radius 2 is 2.36 bits per heavy atom. The van der Waals surface area contributed by atoms with Gasteiger partial charge < -0.3 is 5.32 Å². The van der Waals surface area contributed by atoms with Gasteiger partial charge in [-0.25, -0.2) is 9.97 Å². The van der Waals surface area contributed by atoms with E-state index in [-0.39, 0.29) is 0 Å². The first-order chi connectivity index (χ1) is 6.86. The van der Waals surface area contributed by atoms with E-state index in [0.29, 0.717) is 17.4 Å². The average Bonchev–Trinajstić information content (AvgIpc) is 2.69. The number of aromatic amines is 1. The van der Waals surface area contributed by atoms with E-state index in [9.17, 15) is 0 Å². The highest BCUT2D eigenvalue weighted by Gasteiger charge is 2.00. The summed E-state index contributed by atoms with van der Waals surface area (Å²) in [5.74, 6) is 1.39. The van der Waals surface area contributed by atoms with Gasteiger partial charge in [0.25, 0.3) is 0 Å². The number of pyridine rings is 1. The number of hydrogen-bond donors (Lipinski definition) is 2. The van der Waals surface area contributed by atoms with Gasteiger partial charge in [-0.2, -0.15) is 5.10 Å². The minimum Gasteiger partial charge on any atom is -0.362 e. The number of nitrogens with one attached hydrogen (secondary N) is 2. The van der Waals surface area contributed by atoms with Gasteiger partial charge >= 0.3 is 0 Å². The lowest BCUT2D eigenvalue weighted by Crippen LogP contribution is -2.03. The van der Waals surface area contributed by atoms with Crippen molar-refractivity contribution in [3.05, 3.63) is 35.5 Å². The van der Waals surface area contributed by atoms with Crippen LogP contribution in [0.3, 0.4) is 0 Å². The summed E-state index contributed by atoms with van der Waals surface area (Å²) in [6.07, 6.45) is 3.13. The van der Waals surface area contributed by atoms with Gasteiger partial charge in [-0.05, 0) is 12.1 Å². The lowest BCUT2D eigenvalue weighted by Gasteiger charge is -2.03. The molecule has 72 valence electrons. The van der Waals surface area contributed by atoms with Gasteiger partial charge in [0, 0.05) is 6.20 Å². The van der Waals surface area contributed by atoms with Crippen LogP contribution in [0, 0.1) is 0 Å². The minimum atomic E-state index is 0.525. The lowest BCUT2D eigenvalue weighted by molar-refractivity contribution is 0.947. The summed E-state index contributed by atoms with van der Waals surface area (Å²) in [5, 5.41) is 10.1. The van der Waals surface area contributed by atoms with Crippen molar-refractivity contribution in [2.24, 2.45) is 0 Å². The molecule has 0 saturated carbocycles. The molecule has 0 bridgehead atoms. The van der Waals surface area contributed by atoms with Crippen LogP contribution in [-0.4, -0.2) is 20.2 Å². The third kappa shape index (κ3) is 2.00. The van der Waals surface area contributed by atoms with E-state index in [0.717, 1.165) is 5.82 Å². The molecule has 0 atom stereocenters. The van der Waals surface area contributed by atoms with Crippen molar-refractivity contribution in [1.29, 1.82) is 0 Å². The van der Waals surface area contributed by atoms with E-state index < -0.39 is 0 Å². The summed E-state index contributed by atoms with van der Waals surface area (Å²) in [6, 6.07) is 3.55. The maximum Gasteiger partial charge on any atom is 0.145 e. The number of halogens is 1. The molecule has 0 spiro atoms. The molecule has 2 heterocycles. The molecule has 0 aliphatic rings. The Morgan fingerprint density at radius 1 is 1.43 bits per heavy atom. The number of H-pyrrole nitrogens is 1. The van der Waals surface area contributed by atoms with Gasteiger partial charge in [0.2, 0.25) is 0 Å². The first-order valence-electron chi connectivity index (χ1n) is 4.05. The molecule has 0 aliphatic carbocycles. The fraction of sp³-hybridized carbons (Fsp3) is 0.125. The van der Waals surface area contributed by atoms with Crippen LogP contribution in [-0.2, 0) is 6.54 Å². The Kier molecular flexibility index (Phi) is 2.60. The highest BCUT2D eigenvalue weighted by Crippen LogP contribution is 2.17. The van der Waals surface area contributed by atoms with Gasteiger partial charge in [-0.15, -0.1) is 0 Å². The van der Waals surface area contributed by atoms with Gasteiger partial charge in [-0.1, -0.05) is 11.6 Å². The van der Waals surface area contributed by atoms with Crippen molar-refractivity contribution < 1.29 is 0 Å². The van der Waals surface area contributed by atoms with Crippen molar-refractivity contribution in [3.63, 3.8) is 0 Å². The van der Waals surface area contributed by atoms with Crippen LogP contribution < -0.4 is 5.32 Å². The fourth-order valence-corrected chi connectivity index (χ4v) is 1.19. The van der Waals surface area contributed by atoms with Gasteiger partial charge in [0.05, 0.1) is 11.6 Å². The molecule has 0 radical (unpaired) electrons. The molecular weight excluding hydrogens is 202 g/mol. The third-order valence-electron chi connectivity index (χ3n) is 1.65. The average molecular weight is 210 g/mol. The molecule has 0 saturated heterocycles. The van der Waals surface area contributed by atoms with E-state index in [1.54, 1.807) is 18.3 Å². The Hall–Kier alpha value is -1.62. The Morgan fingerprint density at radius 3 is 3.07 bits per heavy atom. The highest BCUT2D eigenvalue weighted by atomic mass is 35.5. The molecule has 2 rings (SSSR count). The van der Waals surface area contributed by atoms with E-state index in [1.165, 1.54) is 6.33 Å². The normalized spacial score (nSPS) is 10.1. The molecule has 2 N–H and O–H groups in total. The van der Waals surface area contributed by atoms with Crippen molar-refractivity contribution in [1.82, 2.24) is 20.2 Å².